The van der Waals surface area contributed by atoms with Crippen molar-refractivity contribution < 1.29 is 5.11 Å². The van der Waals surface area contributed by atoms with Crippen molar-refractivity contribution in [3.05, 3.63) is 60.3 Å². The van der Waals surface area contributed by atoms with Crippen LogP contribution in [0.1, 0.15) is 5.69 Å². The topological polar surface area (TPSA) is 50.4 Å². The molecule has 0 amide bonds. The lowest BCUT2D eigenvalue weighted by Gasteiger charge is -2.02. The number of phenols is 1. The summed E-state index contributed by atoms with van der Waals surface area (Å²) in [5.74, 6) is 0.232. The number of aryl methyl sites for hydroxylation is 1. The predicted molar refractivity (Wildman–Crippen MR) is 82.3 cm³/mol. The Bertz CT molecular complexity index is 972. The molecule has 2 aromatic heterocycles. The molecule has 0 atom stereocenters. The monoisotopic (exact) mass is 275 g/mol. The summed E-state index contributed by atoms with van der Waals surface area (Å²) in [5, 5.41) is 14.7. The van der Waals surface area contributed by atoms with Gasteiger partial charge in [-0.2, -0.15) is 5.10 Å². The minimum atomic E-state index is 0.232. The zero-order valence-corrected chi connectivity index (χ0v) is 11.5. The largest absolute Gasteiger partial charge is 0.507 e. The van der Waals surface area contributed by atoms with E-state index in [1.165, 1.54) is 0 Å². The van der Waals surface area contributed by atoms with Gasteiger partial charge < -0.3 is 5.11 Å². The molecule has 4 rings (SSSR count). The average molecular weight is 275 g/mol. The smallest absolute Gasteiger partial charge is 0.125 e. The highest BCUT2D eigenvalue weighted by molar-refractivity contribution is 5.81. The van der Waals surface area contributed by atoms with Crippen LogP contribution in [-0.4, -0.2) is 19.7 Å². The average Bonchev–Trinajstić information content (AvgIpc) is 2.94. The van der Waals surface area contributed by atoms with Crippen molar-refractivity contribution in [2.75, 3.05) is 0 Å². The molecule has 1 N–H and O–H groups in total. The van der Waals surface area contributed by atoms with E-state index < -0.39 is 0 Å². The van der Waals surface area contributed by atoms with Crippen LogP contribution >= 0.6 is 0 Å². The van der Waals surface area contributed by atoms with Crippen LogP contribution in [0.2, 0.25) is 0 Å². The molecule has 0 radical (unpaired) electrons. The van der Waals surface area contributed by atoms with E-state index in [1.54, 1.807) is 12.1 Å². The van der Waals surface area contributed by atoms with Crippen LogP contribution in [-0.2, 0) is 0 Å². The van der Waals surface area contributed by atoms with E-state index in [4.69, 9.17) is 0 Å². The molecule has 4 nitrogen and oxygen atoms in total. The van der Waals surface area contributed by atoms with E-state index in [0.717, 1.165) is 33.5 Å². The summed E-state index contributed by atoms with van der Waals surface area (Å²) in [6.07, 6.45) is 0. The molecule has 4 aromatic rings. The van der Waals surface area contributed by atoms with Gasteiger partial charge in [-0.05, 0) is 37.3 Å². The highest BCUT2D eigenvalue weighted by atomic mass is 16.3. The number of aromatic nitrogens is 3. The second kappa shape index (κ2) is 4.31. The van der Waals surface area contributed by atoms with Gasteiger partial charge in [0.1, 0.15) is 5.75 Å². The molecule has 0 spiro atoms. The Labute approximate surface area is 121 Å². The lowest BCUT2D eigenvalue weighted by Crippen LogP contribution is -1.95. The van der Waals surface area contributed by atoms with E-state index in [9.17, 15) is 5.11 Å². The highest BCUT2D eigenvalue weighted by Gasteiger charge is 2.12. The molecule has 102 valence electrons. The van der Waals surface area contributed by atoms with Crippen LogP contribution in [0, 0.1) is 6.92 Å². The van der Waals surface area contributed by atoms with E-state index in [-0.39, 0.29) is 5.75 Å². The first-order chi connectivity index (χ1) is 10.2. The van der Waals surface area contributed by atoms with E-state index in [1.807, 2.05) is 53.9 Å². The summed E-state index contributed by atoms with van der Waals surface area (Å²) in [5.41, 5.74) is 5.21. The molecule has 2 aromatic carbocycles. The Morgan fingerprint density at radius 1 is 0.952 bits per heavy atom. The Balaban J connectivity index is 2.09. The van der Waals surface area contributed by atoms with Gasteiger partial charge in [0.2, 0.25) is 0 Å². The molecule has 0 aliphatic rings. The first-order valence-corrected chi connectivity index (χ1v) is 6.77. The number of aromatic hydroxyl groups is 1. The zero-order valence-electron chi connectivity index (χ0n) is 11.5. The van der Waals surface area contributed by atoms with Gasteiger partial charge in [0, 0.05) is 5.56 Å². The van der Waals surface area contributed by atoms with Crippen molar-refractivity contribution in [2.45, 2.75) is 6.92 Å². The van der Waals surface area contributed by atoms with E-state index >= 15 is 0 Å². The lowest BCUT2D eigenvalue weighted by atomic mass is 10.1. The fraction of sp³-hybridized carbons (Fsp3) is 0.0588. The van der Waals surface area contributed by atoms with Crippen LogP contribution in [0.3, 0.4) is 0 Å². The van der Waals surface area contributed by atoms with E-state index in [2.05, 4.69) is 10.1 Å². The minimum Gasteiger partial charge on any atom is -0.507 e. The Hall–Kier alpha value is -2.88. The fourth-order valence-electron chi connectivity index (χ4n) is 2.62. The molecule has 0 unspecified atom stereocenters. The molecule has 21 heavy (non-hydrogen) atoms. The predicted octanol–water partition coefficient (Wildman–Crippen LogP) is 3.56. The number of benzene rings is 2. The van der Waals surface area contributed by atoms with Crippen molar-refractivity contribution in [1.29, 1.82) is 0 Å². The second-order valence-corrected chi connectivity index (χ2v) is 5.03. The van der Waals surface area contributed by atoms with Gasteiger partial charge in [-0.25, -0.2) is 9.50 Å². The third-order valence-corrected chi connectivity index (χ3v) is 3.66. The van der Waals surface area contributed by atoms with Crippen LogP contribution in [0.4, 0.5) is 0 Å². The number of fused-ring (bicyclic) bond motifs is 3. The summed E-state index contributed by atoms with van der Waals surface area (Å²) in [4.78, 5) is 4.61. The van der Waals surface area contributed by atoms with Crippen molar-refractivity contribution in [1.82, 2.24) is 14.6 Å². The quantitative estimate of drug-likeness (QED) is 0.578. The summed E-state index contributed by atoms with van der Waals surface area (Å²) in [7, 11) is 0. The van der Waals surface area contributed by atoms with Crippen molar-refractivity contribution in [2.24, 2.45) is 0 Å². The number of nitrogens with zero attached hydrogens (tertiary/aromatic N) is 3. The maximum atomic E-state index is 10.0. The Kier molecular flexibility index (Phi) is 2.44. The molecule has 4 heteroatoms. The maximum Gasteiger partial charge on any atom is 0.125 e. The Morgan fingerprint density at radius 3 is 2.57 bits per heavy atom. The third kappa shape index (κ3) is 1.76. The van der Waals surface area contributed by atoms with Crippen molar-refractivity contribution in [3.63, 3.8) is 0 Å². The van der Waals surface area contributed by atoms with Gasteiger partial charge in [0.05, 0.1) is 27.9 Å². The summed E-state index contributed by atoms with van der Waals surface area (Å²) in [6.45, 7) is 1.97. The van der Waals surface area contributed by atoms with Gasteiger partial charge in [-0.3, -0.25) is 0 Å². The number of hydrogen-bond donors (Lipinski definition) is 1. The minimum absolute atomic E-state index is 0.232. The molecule has 2 heterocycles. The molecule has 0 aliphatic heterocycles. The first kappa shape index (κ1) is 11.9. The lowest BCUT2D eigenvalue weighted by molar-refractivity contribution is 0.477. The van der Waals surface area contributed by atoms with Crippen molar-refractivity contribution >= 4 is 16.6 Å². The number of para-hydroxylation sites is 3. The number of phenolic OH excluding ortho intramolecular Hbond substituents is 1. The second-order valence-electron chi connectivity index (χ2n) is 5.03. The van der Waals surface area contributed by atoms with Crippen LogP contribution in [0.15, 0.2) is 54.6 Å². The zero-order chi connectivity index (χ0) is 14.4. The van der Waals surface area contributed by atoms with Crippen molar-refractivity contribution in [3.8, 4) is 17.0 Å². The van der Waals surface area contributed by atoms with Gasteiger partial charge in [0.15, 0.2) is 0 Å². The number of hydrogen-bond acceptors (Lipinski definition) is 3. The maximum absolute atomic E-state index is 10.0. The van der Waals surface area contributed by atoms with Crippen LogP contribution < -0.4 is 0 Å². The Morgan fingerprint density at radius 2 is 1.71 bits per heavy atom. The molecule has 0 bridgehead atoms. The van der Waals surface area contributed by atoms with Gasteiger partial charge in [-0.15, -0.1) is 0 Å². The van der Waals surface area contributed by atoms with Gasteiger partial charge in [-0.1, -0.05) is 24.3 Å². The third-order valence-electron chi connectivity index (χ3n) is 3.66. The molecule has 0 saturated heterocycles. The number of rotatable bonds is 1. The SMILES string of the molecule is Cc1nc2ccccc2n2nc(-c3ccccc3O)cc12. The summed E-state index contributed by atoms with van der Waals surface area (Å²) >= 11 is 0. The summed E-state index contributed by atoms with van der Waals surface area (Å²) < 4.78 is 1.89. The molecule has 0 saturated carbocycles. The van der Waals surface area contributed by atoms with E-state index in [0.29, 0.717) is 0 Å². The fourth-order valence-corrected chi connectivity index (χ4v) is 2.62. The summed E-state index contributed by atoms with van der Waals surface area (Å²) in [6, 6.07) is 17.1. The normalized spacial score (nSPS) is 11.3. The highest BCUT2D eigenvalue weighted by Crippen LogP contribution is 2.29. The molecular formula is C17H13N3O. The van der Waals surface area contributed by atoms with Crippen LogP contribution in [0.5, 0.6) is 5.75 Å². The standard InChI is InChI=1S/C17H13N3O/c1-11-16-10-14(12-6-2-5-9-17(12)21)19-20(16)15-8-4-3-7-13(15)18-11/h2-10,21H,1H3. The molecular weight excluding hydrogens is 262 g/mol. The first-order valence-electron chi connectivity index (χ1n) is 6.77. The molecule has 0 fully saturated rings. The van der Waals surface area contributed by atoms with Gasteiger partial charge in [0.25, 0.3) is 0 Å². The van der Waals surface area contributed by atoms with Crippen LogP contribution in [0.25, 0.3) is 27.8 Å². The van der Waals surface area contributed by atoms with Gasteiger partial charge >= 0.3 is 0 Å². The molecule has 0 aliphatic carbocycles.